The second kappa shape index (κ2) is 4.10. The standard InChI is InChI=1S/C13H11N3O2/c1-2-18-12(17)10-7-8-16-11-6-4-3-5-9(11)14-13(16)15-10/h3-8H,2H2,1H3. The van der Waals surface area contributed by atoms with Gasteiger partial charge in [0.1, 0.15) is 0 Å². The molecule has 0 radical (unpaired) electrons. The summed E-state index contributed by atoms with van der Waals surface area (Å²) in [5, 5.41) is 0. The van der Waals surface area contributed by atoms with Gasteiger partial charge in [-0.25, -0.2) is 14.8 Å². The van der Waals surface area contributed by atoms with Gasteiger partial charge in [-0.15, -0.1) is 0 Å². The zero-order chi connectivity index (χ0) is 12.5. The number of rotatable bonds is 2. The number of benzene rings is 1. The molecule has 5 nitrogen and oxygen atoms in total. The van der Waals surface area contributed by atoms with Gasteiger partial charge in [0.2, 0.25) is 5.78 Å². The Bertz CT molecular complexity index is 733. The molecule has 0 spiro atoms. The number of ether oxygens (including phenoxy) is 1. The van der Waals surface area contributed by atoms with Crippen molar-refractivity contribution in [3.05, 3.63) is 42.2 Å². The fraction of sp³-hybridized carbons (Fsp3) is 0.154. The Kier molecular flexibility index (Phi) is 2.44. The predicted molar refractivity (Wildman–Crippen MR) is 66.4 cm³/mol. The monoisotopic (exact) mass is 241 g/mol. The first-order valence-corrected chi connectivity index (χ1v) is 5.70. The van der Waals surface area contributed by atoms with E-state index in [4.69, 9.17) is 4.74 Å². The molecule has 90 valence electrons. The Morgan fingerprint density at radius 3 is 2.94 bits per heavy atom. The molecule has 0 aliphatic carbocycles. The van der Waals surface area contributed by atoms with Gasteiger partial charge in [-0.2, -0.15) is 0 Å². The number of carbonyl (C=O) groups is 1. The molecule has 0 saturated heterocycles. The third kappa shape index (κ3) is 1.60. The summed E-state index contributed by atoms with van der Waals surface area (Å²) < 4.78 is 6.76. The first kappa shape index (κ1) is 10.7. The Morgan fingerprint density at radius 2 is 2.11 bits per heavy atom. The number of aromatic nitrogens is 3. The molecule has 0 saturated carbocycles. The Balaban J connectivity index is 2.18. The molecular weight excluding hydrogens is 230 g/mol. The molecular formula is C13H11N3O2. The molecule has 0 aliphatic rings. The maximum Gasteiger partial charge on any atom is 0.357 e. The number of esters is 1. The summed E-state index contributed by atoms with van der Waals surface area (Å²) in [6, 6.07) is 9.37. The van der Waals surface area contributed by atoms with E-state index >= 15 is 0 Å². The molecule has 0 N–H and O–H groups in total. The van der Waals surface area contributed by atoms with Gasteiger partial charge in [0.25, 0.3) is 0 Å². The van der Waals surface area contributed by atoms with E-state index < -0.39 is 5.97 Å². The molecule has 0 amide bonds. The molecule has 0 aliphatic heterocycles. The van der Waals surface area contributed by atoms with Crippen molar-refractivity contribution in [2.24, 2.45) is 0 Å². The lowest BCUT2D eigenvalue weighted by molar-refractivity contribution is 0.0519. The number of para-hydroxylation sites is 2. The van der Waals surface area contributed by atoms with Crippen LogP contribution >= 0.6 is 0 Å². The highest BCUT2D eigenvalue weighted by atomic mass is 16.5. The van der Waals surface area contributed by atoms with Crippen molar-refractivity contribution < 1.29 is 9.53 Å². The average molecular weight is 241 g/mol. The lowest BCUT2D eigenvalue weighted by atomic mass is 10.3. The fourth-order valence-corrected chi connectivity index (χ4v) is 1.87. The van der Waals surface area contributed by atoms with Crippen LogP contribution in [0.3, 0.4) is 0 Å². The van der Waals surface area contributed by atoms with Crippen molar-refractivity contribution in [2.45, 2.75) is 6.92 Å². The number of hydrogen-bond donors (Lipinski definition) is 0. The second-order valence-corrected chi connectivity index (χ2v) is 3.80. The minimum Gasteiger partial charge on any atom is -0.461 e. The summed E-state index contributed by atoms with van der Waals surface area (Å²) in [5.41, 5.74) is 2.10. The number of imidazole rings is 1. The predicted octanol–water partition coefficient (Wildman–Crippen LogP) is 2.06. The summed E-state index contributed by atoms with van der Waals surface area (Å²) in [5.74, 6) is 0.0776. The number of nitrogens with zero attached hydrogens (tertiary/aromatic N) is 3. The van der Waals surface area contributed by atoms with E-state index in [0.717, 1.165) is 11.0 Å². The molecule has 0 atom stereocenters. The molecule has 0 bridgehead atoms. The molecule has 3 aromatic rings. The van der Waals surface area contributed by atoms with E-state index in [1.807, 2.05) is 28.7 Å². The molecule has 0 unspecified atom stereocenters. The van der Waals surface area contributed by atoms with E-state index in [2.05, 4.69) is 9.97 Å². The van der Waals surface area contributed by atoms with Crippen molar-refractivity contribution in [1.29, 1.82) is 0 Å². The molecule has 2 heterocycles. The Morgan fingerprint density at radius 1 is 1.28 bits per heavy atom. The summed E-state index contributed by atoms with van der Waals surface area (Å²) in [6.07, 6.45) is 1.78. The Labute approximate surface area is 103 Å². The first-order valence-electron chi connectivity index (χ1n) is 5.70. The maximum absolute atomic E-state index is 11.6. The number of fused-ring (bicyclic) bond motifs is 3. The highest BCUT2D eigenvalue weighted by Gasteiger charge is 2.11. The minimum absolute atomic E-state index is 0.277. The van der Waals surface area contributed by atoms with Gasteiger partial charge in [0.15, 0.2) is 5.69 Å². The van der Waals surface area contributed by atoms with E-state index in [-0.39, 0.29) is 5.69 Å². The third-order valence-electron chi connectivity index (χ3n) is 2.66. The van der Waals surface area contributed by atoms with Crippen LogP contribution in [-0.4, -0.2) is 26.9 Å². The smallest absolute Gasteiger partial charge is 0.357 e. The molecule has 1 aromatic carbocycles. The van der Waals surface area contributed by atoms with Gasteiger partial charge in [0.05, 0.1) is 17.6 Å². The maximum atomic E-state index is 11.6. The van der Waals surface area contributed by atoms with Gasteiger partial charge in [-0.3, -0.25) is 4.40 Å². The fourth-order valence-electron chi connectivity index (χ4n) is 1.87. The number of carbonyl (C=O) groups excluding carboxylic acids is 1. The van der Waals surface area contributed by atoms with Crippen LogP contribution in [0.1, 0.15) is 17.4 Å². The minimum atomic E-state index is -0.424. The van der Waals surface area contributed by atoms with Gasteiger partial charge in [-0.05, 0) is 25.1 Å². The normalized spacial score (nSPS) is 10.9. The molecule has 2 aromatic heterocycles. The van der Waals surface area contributed by atoms with Crippen LogP contribution < -0.4 is 0 Å². The quantitative estimate of drug-likeness (QED) is 0.644. The van der Waals surface area contributed by atoms with Crippen molar-refractivity contribution in [3.63, 3.8) is 0 Å². The van der Waals surface area contributed by atoms with E-state index in [9.17, 15) is 4.79 Å². The first-order chi connectivity index (χ1) is 8.79. The van der Waals surface area contributed by atoms with E-state index in [0.29, 0.717) is 12.4 Å². The topological polar surface area (TPSA) is 56.5 Å². The molecule has 3 rings (SSSR count). The summed E-state index contributed by atoms with van der Waals surface area (Å²) in [4.78, 5) is 20.2. The van der Waals surface area contributed by atoms with E-state index in [1.165, 1.54) is 0 Å². The zero-order valence-corrected chi connectivity index (χ0v) is 9.83. The van der Waals surface area contributed by atoms with Crippen molar-refractivity contribution in [1.82, 2.24) is 14.4 Å². The van der Waals surface area contributed by atoms with Gasteiger partial charge in [-0.1, -0.05) is 12.1 Å². The average Bonchev–Trinajstić information content (AvgIpc) is 2.76. The summed E-state index contributed by atoms with van der Waals surface area (Å²) in [6.45, 7) is 2.10. The van der Waals surface area contributed by atoms with Gasteiger partial charge < -0.3 is 4.74 Å². The third-order valence-corrected chi connectivity index (χ3v) is 2.66. The van der Waals surface area contributed by atoms with Crippen LogP contribution in [0, 0.1) is 0 Å². The van der Waals surface area contributed by atoms with Crippen molar-refractivity contribution in [3.8, 4) is 0 Å². The van der Waals surface area contributed by atoms with Gasteiger partial charge in [0, 0.05) is 6.20 Å². The van der Waals surface area contributed by atoms with E-state index in [1.54, 1.807) is 19.2 Å². The summed E-state index contributed by atoms with van der Waals surface area (Å²) >= 11 is 0. The highest BCUT2D eigenvalue weighted by Crippen LogP contribution is 2.15. The SMILES string of the molecule is CCOC(=O)c1ccn2c(n1)nc1ccccc12. The van der Waals surface area contributed by atoms with Crippen LogP contribution in [0.15, 0.2) is 36.5 Å². The van der Waals surface area contributed by atoms with Crippen LogP contribution in [0.2, 0.25) is 0 Å². The van der Waals surface area contributed by atoms with Crippen LogP contribution in [-0.2, 0) is 4.74 Å². The van der Waals surface area contributed by atoms with Crippen LogP contribution in [0.4, 0.5) is 0 Å². The lowest BCUT2D eigenvalue weighted by Gasteiger charge is -2.01. The zero-order valence-electron chi connectivity index (χ0n) is 9.83. The summed E-state index contributed by atoms with van der Waals surface area (Å²) in [7, 11) is 0. The van der Waals surface area contributed by atoms with Crippen molar-refractivity contribution >= 4 is 22.8 Å². The Hall–Kier alpha value is -2.43. The second-order valence-electron chi connectivity index (χ2n) is 3.80. The van der Waals surface area contributed by atoms with Crippen LogP contribution in [0.25, 0.3) is 16.8 Å². The molecule has 5 heteroatoms. The number of hydrogen-bond acceptors (Lipinski definition) is 4. The highest BCUT2D eigenvalue weighted by molar-refractivity contribution is 5.88. The lowest BCUT2D eigenvalue weighted by Crippen LogP contribution is -2.08. The van der Waals surface area contributed by atoms with Crippen LogP contribution in [0.5, 0.6) is 0 Å². The van der Waals surface area contributed by atoms with Gasteiger partial charge >= 0.3 is 5.97 Å². The van der Waals surface area contributed by atoms with Crippen molar-refractivity contribution in [2.75, 3.05) is 6.61 Å². The largest absolute Gasteiger partial charge is 0.461 e. The molecule has 18 heavy (non-hydrogen) atoms. The molecule has 0 fully saturated rings.